The first kappa shape index (κ1) is 14.9. The molecule has 7 nitrogen and oxygen atoms in total. The van der Waals surface area contributed by atoms with Crippen molar-refractivity contribution in [2.75, 3.05) is 6.54 Å². The molecule has 0 aromatic carbocycles. The Labute approximate surface area is 110 Å². The fourth-order valence-corrected chi connectivity index (χ4v) is 3.00. The van der Waals surface area contributed by atoms with Gasteiger partial charge in [0.2, 0.25) is 0 Å². The van der Waals surface area contributed by atoms with Crippen LogP contribution in [0.3, 0.4) is 0 Å². The molecule has 1 aromatic heterocycles. The summed E-state index contributed by atoms with van der Waals surface area (Å²) in [6.07, 6.45) is 1.43. The molecule has 0 saturated heterocycles. The molecule has 0 amide bonds. The lowest BCUT2D eigenvalue weighted by atomic mass is 10.1. The van der Waals surface area contributed by atoms with Crippen LogP contribution >= 0.6 is 11.6 Å². The maximum atomic E-state index is 11.9. The summed E-state index contributed by atoms with van der Waals surface area (Å²) in [6, 6.07) is 0. The molecule has 102 valence electrons. The molecule has 0 aliphatic rings. The van der Waals surface area contributed by atoms with Crippen LogP contribution in [0.2, 0.25) is 5.02 Å². The van der Waals surface area contributed by atoms with Gasteiger partial charge in [-0.3, -0.25) is 9.48 Å². The summed E-state index contributed by atoms with van der Waals surface area (Å²) in [7, 11) is -2.32. The van der Waals surface area contributed by atoms with E-state index in [0.717, 1.165) is 4.68 Å². The van der Waals surface area contributed by atoms with Crippen LogP contribution in [0.25, 0.3) is 0 Å². The van der Waals surface area contributed by atoms with E-state index < -0.39 is 21.9 Å². The van der Waals surface area contributed by atoms with Gasteiger partial charge in [0.25, 0.3) is 10.0 Å². The van der Waals surface area contributed by atoms with Crippen LogP contribution in [0.15, 0.2) is 11.2 Å². The third-order valence-corrected chi connectivity index (χ3v) is 4.35. The number of aromatic nitrogens is 2. The van der Waals surface area contributed by atoms with Gasteiger partial charge in [-0.2, -0.15) is 5.10 Å². The Morgan fingerprint density at radius 3 is 2.72 bits per heavy atom. The summed E-state index contributed by atoms with van der Waals surface area (Å²) in [5.41, 5.74) is 0. The first-order valence-corrected chi connectivity index (χ1v) is 7.01. The number of carbonyl (C=O) groups is 1. The molecule has 1 rings (SSSR count). The van der Waals surface area contributed by atoms with E-state index in [4.69, 9.17) is 16.7 Å². The van der Waals surface area contributed by atoms with Gasteiger partial charge < -0.3 is 5.11 Å². The van der Waals surface area contributed by atoms with Crippen molar-refractivity contribution in [1.29, 1.82) is 0 Å². The molecule has 18 heavy (non-hydrogen) atoms. The van der Waals surface area contributed by atoms with E-state index >= 15 is 0 Å². The summed E-state index contributed by atoms with van der Waals surface area (Å²) in [4.78, 5) is 10.6. The average molecular weight is 296 g/mol. The van der Waals surface area contributed by atoms with Crippen LogP contribution in [0.1, 0.15) is 13.3 Å². The zero-order valence-corrected chi connectivity index (χ0v) is 11.5. The Morgan fingerprint density at radius 2 is 2.28 bits per heavy atom. The highest BCUT2D eigenvalue weighted by Crippen LogP contribution is 2.19. The minimum absolute atomic E-state index is 0.0243. The molecule has 0 bridgehead atoms. The summed E-state index contributed by atoms with van der Waals surface area (Å²) in [5, 5.41) is 12.3. The third-order valence-electron chi connectivity index (χ3n) is 2.39. The number of nitrogens with one attached hydrogen (secondary N) is 1. The fraction of sp³-hybridized carbons (Fsp3) is 0.556. The van der Waals surface area contributed by atoms with Gasteiger partial charge in [-0.1, -0.05) is 18.5 Å². The highest BCUT2D eigenvalue weighted by molar-refractivity contribution is 7.89. The van der Waals surface area contributed by atoms with E-state index in [1.54, 1.807) is 0 Å². The van der Waals surface area contributed by atoms with Crippen LogP contribution in [0, 0.1) is 5.92 Å². The van der Waals surface area contributed by atoms with Crippen LogP contribution in [-0.4, -0.2) is 35.8 Å². The molecule has 0 aliphatic carbocycles. The van der Waals surface area contributed by atoms with Gasteiger partial charge in [0, 0.05) is 13.6 Å². The molecule has 9 heteroatoms. The minimum atomic E-state index is -3.77. The van der Waals surface area contributed by atoms with E-state index in [1.165, 1.54) is 20.2 Å². The standard InChI is InChI=1S/C9H14ClN3O4S/c1-6(9(14)15)3-4-12-18(16,17)8-7(10)5-11-13(8)2/h5-6,12H,3-4H2,1-2H3,(H,14,15). The Kier molecular flexibility index (Phi) is 4.71. The highest BCUT2D eigenvalue weighted by Gasteiger charge is 2.22. The van der Waals surface area contributed by atoms with Gasteiger partial charge in [-0.15, -0.1) is 0 Å². The number of hydrogen-bond donors (Lipinski definition) is 2. The molecule has 1 atom stereocenters. The molecular formula is C9H14ClN3O4S. The first-order chi connectivity index (χ1) is 8.25. The minimum Gasteiger partial charge on any atom is -0.481 e. The summed E-state index contributed by atoms with van der Waals surface area (Å²) >= 11 is 5.72. The number of aryl methyl sites for hydroxylation is 1. The van der Waals surface area contributed by atoms with Crippen molar-refractivity contribution in [3.8, 4) is 0 Å². The van der Waals surface area contributed by atoms with Crippen LogP contribution in [0.4, 0.5) is 0 Å². The van der Waals surface area contributed by atoms with Gasteiger partial charge in [0.05, 0.1) is 17.1 Å². The van der Waals surface area contributed by atoms with Crippen molar-refractivity contribution in [3.63, 3.8) is 0 Å². The Bertz CT molecular complexity index is 521. The first-order valence-electron chi connectivity index (χ1n) is 5.15. The topological polar surface area (TPSA) is 101 Å². The number of carboxylic acids is 1. The molecule has 0 saturated carbocycles. The maximum absolute atomic E-state index is 11.9. The van der Waals surface area contributed by atoms with Crippen molar-refractivity contribution in [1.82, 2.24) is 14.5 Å². The number of hydrogen-bond acceptors (Lipinski definition) is 4. The predicted molar refractivity (Wildman–Crippen MR) is 64.8 cm³/mol. The van der Waals surface area contributed by atoms with Gasteiger partial charge >= 0.3 is 5.97 Å². The second-order valence-electron chi connectivity index (χ2n) is 3.85. The van der Waals surface area contributed by atoms with Gasteiger partial charge in [0.15, 0.2) is 5.03 Å². The van der Waals surface area contributed by atoms with Crippen LogP contribution < -0.4 is 4.72 Å². The largest absolute Gasteiger partial charge is 0.481 e. The lowest BCUT2D eigenvalue weighted by molar-refractivity contribution is -0.141. The number of rotatable bonds is 6. The number of carboxylic acid groups (broad SMARTS) is 1. The van der Waals surface area contributed by atoms with E-state index in [-0.39, 0.29) is 23.0 Å². The Hall–Kier alpha value is -1.12. The number of halogens is 1. The molecule has 0 fully saturated rings. The smallest absolute Gasteiger partial charge is 0.306 e. The molecule has 1 aromatic rings. The third kappa shape index (κ3) is 3.44. The molecule has 1 heterocycles. The van der Waals surface area contributed by atoms with E-state index in [2.05, 4.69) is 9.82 Å². The monoisotopic (exact) mass is 295 g/mol. The Balaban J connectivity index is 2.70. The van der Waals surface area contributed by atoms with Crippen LogP contribution in [0.5, 0.6) is 0 Å². The highest BCUT2D eigenvalue weighted by atomic mass is 35.5. The fourth-order valence-electron chi connectivity index (χ4n) is 1.30. The molecule has 1 unspecified atom stereocenters. The maximum Gasteiger partial charge on any atom is 0.306 e. The second kappa shape index (κ2) is 5.68. The number of sulfonamides is 1. The summed E-state index contributed by atoms with van der Waals surface area (Å²) < 4.78 is 27.2. The average Bonchev–Trinajstić information content (AvgIpc) is 2.58. The molecular weight excluding hydrogens is 282 g/mol. The number of aliphatic carboxylic acids is 1. The zero-order valence-electron chi connectivity index (χ0n) is 9.92. The van der Waals surface area contributed by atoms with Crippen molar-refractivity contribution < 1.29 is 18.3 Å². The molecule has 0 aliphatic heterocycles. The van der Waals surface area contributed by atoms with Gasteiger partial charge in [0.1, 0.15) is 0 Å². The quantitative estimate of drug-likeness (QED) is 0.794. The normalized spacial score (nSPS) is 13.5. The molecule has 0 radical (unpaired) electrons. The van der Waals surface area contributed by atoms with Gasteiger partial charge in [-0.05, 0) is 6.42 Å². The number of nitrogens with zero attached hydrogens (tertiary/aromatic N) is 2. The summed E-state index contributed by atoms with van der Waals surface area (Å²) in [6.45, 7) is 1.53. The van der Waals surface area contributed by atoms with E-state index in [0.29, 0.717) is 0 Å². The lowest BCUT2D eigenvalue weighted by Gasteiger charge is -2.09. The summed E-state index contributed by atoms with van der Waals surface area (Å²) in [5.74, 6) is -1.58. The zero-order chi connectivity index (χ0) is 13.9. The second-order valence-corrected chi connectivity index (χ2v) is 5.94. The van der Waals surface area contributed by atoms with E-state index in [1.807, 2.05) is 0 Å². The van der Waals surface area contributed by atoms with Crippen molar-refractivity contribution in [3.05, 3.63) is 11.2 Å². The Morgan fingerprint density at radius 1 is 1.67 bits per heavy atom. The predicted octanol–water partition coefficient (Wildman–Crippen LogP) is 0.463. The van der Waals surface area contributed by atoms with Crippen molar-refractivity contribution in [2.45, 2.75) is 18.4 Å². The van der Waals surface area contributed by atoms with E-state index in [9.17, 15) is 13.2 Å². The van der Waals surface area contributed by atoms with Crippen LogP contribution in [-0.2, 0) is 21.9 Å². The van der Waals surface area contributed by atoms with Crippen molar-refractivity contribution >= 4 is 27.6 Å². The molecule has 2 N–H and O–H groups in total. The molecule has 0 spiro atoms. The van der Waals surface area contributed by atoms with Gasteiger partial charge in [-0.25, -0.2) is 13.1 Å². The SMILES string of the molecule is CC(CCNS(=O)(=O)c1c(Cl)cnn1C)C(=O)O. The van der Waals surface area contributed by atoms with Crippen molar-refractivity contribution in [2.24, 2.45) is 13.0 Å². The lowest BCUT2D eigenvalue weighted by Crippen LogP contribution is -2.29.